The fraction of sp³-hybridized carbons (Fsp3) is 0.769. The lowest BCUT2D eigenvalue weighted by Gasteiger charge is -2.30. The van der Waals surface area contributed by atoms with E-state index in [4.69, 9.17) is 13.7 Å². The van der Waals surface area contributed by atoms with Crippen molar-refractivity contribution in [3.63, 3.8) is 0 Å². The number of nitrogens with zero attached hydrogens (tertiary/aromatic N) is 1. The Hall–Kier alpha value is -2.67. The van der Waals surface area contributed by atoms with Gasteiger partial charge in [-0.05, 0) is 53.4 Å². The van der Waals surface area contributed by atoms with Gasteiger partial charge in [0, 0.05) is 18.9 Å². The average Bonchev–Trinajstić information content (AvgIpc) is 3.33. The first-order valence-corrected chi connectivity index (χ1v) is 15.3. The molecule has 0 aromatic rings. The van der Waals surface area contributed by atoms with Gasteiger partial charge >= 0.3 is 12.1 Å². The molecule has 0 aromatic heterocycles. The van der Waals surface area contributed by atoms with Crippen LogP contribution in [0.1, 0.15) is 72.6 Å². The summed E-state index contributed by atoms with van der Waals surface area (Å²) in [4.78, 5) is 54.1. The van der Waals surface area contributed by atoms with Crippen LogP contribution in [0.15, 0.2) is 12.2 Å². The maximum absolute atomic E-state index is 13.8. The Morgan fingerprint density at radius 2 is 1.92 bits per heavy atom. The molecule has 2 aliphatic heterocycles. The summed E-state index contributed by atoms with van der Waals surface area (Å²) in [5.41, 5.74) is -2.03. The van der Waals surface area contributed by atoms with Crippen molar-refractivity contribution in [1.29, 1.82) is 0 Å². The molecule has 1 saturated heterocycles. The predicted molar refractivity (Wildman–Crippen MR) is 141 cm³/mol. The van der Waals surface area contributed by atoms with E-state index >= 15 is 0 Å². The van der Waals surface area contributed by atoms with Gasteiger partial charge in [-0.1, -0.05) is 25.0 Å². The van der Waals surface area contributed by atoms with Gasteiger partial charge < -0.3 is 25.0 Å². The molecule has 12 nitrogen and oxygen atoms in total. The van der Waals surface area contributed by atoms with Crippen LogP contribution in [0.25, 0.3) is 0 Å². The summed E-state index contributed by atoms with van der Waals surface area (Å²) in [6.45, 7) is 6.76. The first kappa shape index (κ1) is 30.9. The second-order valence-electron chi connectivity index (χ2n) is 11.4. The minimum Gasteiger partial charge on any atom is -0.464 e. The van der Waals surface area contributed by atoms with Gasteiger partial charge in [0.15, 0.2) is 0 Å². The lowest BCUT2D eigenvalue weighted by molar-refractivity contribution is -0.150. The molecule has 0 spiro atoms. The first-order valence-electron chi connectivity index (χ1n) is 13.5. The molecule has 13 heteroatoms. The third-order valence-electron chi connectivity index (χ3n) is 6.88. The van der Waals surface area contributed by atoms with E-state index in [2.05, 4.69) is 10.6 Å². The number of nitrogens with one attached hydrogen (secondary N) is 2. The van der Waals surface area contributed by atoms with Crippen molar-refractivity contribution >= 4 is 34.0 Å². The van der Waals surface area contributed by atoms with Gasteiger partial charge in [-0.25, -0.2) is 9.59 Å². The SMILES string of the molecule is CCOC(=O)[C@@]12C[C@H]1/C=C\CCCCC[C@@H](NC(=O)OC(C)(C)C)C(=O)N1C[C@@H](OS(C)(=O)=O)C[C@H]1C(=O)N2. The maximum atomic E-state index is 13.8. The molecule has 5 atom stereocenters. The van der Waals surface area contributed by atoms with Crippen LogP contribution in [0.4, 0.5) is 4.79 Å². The van der Waals surface area contributed by atoms with E-state index in [1.165, 1.54) is 4.90 Å². The summed E-state index contributed by atoms with van der Waals surface area (Å²) in [5, 5.41) is 5.44. The Kier molecular flexibility index (Phi) is 9.69. The van der Waals surface area contributed by atoms with Crippen LogP contribution >= 0.6 is 0 Å². The van der Waals surface area contributed by atoms with Gasteiger partial charge in [0.1, 0.15) is 23.2 Å². The molecule has 1 aliphatic carbocycles. The number of carbonyl (C=O) groups excluding carboxylic acids is 4. The zero-order valence-corrected chi connectivity index (χ0v) is 24.2. The van der Waals surface area contributed by atoms with Crippen LogP contribution in [0.2, 0.25) is 0 Å². The van der Waals surface area contributed by atoms with Gasteiger partial charge in [0.05, 0.1) is 19.0 Å². The van der Waals surface area contributed by atoms with Crippen molar-refractivity contribution in [3.8, 4) is 0 Å². The summed E-state index contributed by atoms with van der Waals surface area (Å²) >= 11 is 0. The zero-order chi connectivity index (χ0) is 29.0. The highest BCUT2D eigenvalue weighted by atomic mass is 32.2. The molecule has 1 saturated carbocycles. The smallest absolute Gasteiger partial charge is 0.408 e. The van der Waals surface area contributed by atoms with Crippen molar-refractivity contribution < 1.29 is 41.3 Å². The van der Waals surface area contributed by atoms with Crippen LogP contribution in [0.3, 0.4) is 0 Å². The lowest BCUT2D eigenvalue weighted by Crippen LogP contribution is -2.56. The van der Waals surface area contributed by atoms with Gasteiger partial charge in [-0.2, -0.15) is 8.42 Å². The molecule has 3 amide bonds. The highest BCUT2D eigenvalue weighted by Crippen LogP contribution is 2.46. The summed E-state index contributed by atoms with van der Waals surface area (Å²) in [5.74, 6) is -1.97. The van der Waals surface area contributed by atoms with Crippen molar-refractivity contribution in [2.45, 2.75) is 102 Å². The Balaban J connectivity index is 1.92. The number of rotatable bonds is 5. The van der Waals surface area contributed by atoms with E-state index in [9.17, 15) is 27.6 Å². The fourth-order valence-electron chi connectivity index (χ4n) is 5.07. The van der Waals surface area contributed by atoms with Crippen LogP contribution in [-0.4, -0.2) is 85.9 Å². The molecular weight excluding hydrogens is 530 g/mol. The molecule has 2 fully saturated rings. The van der Waals surface area contributed by atoms with Crippen molar-refractivity contribution in [2.75, 3.05) is 19.4 Å². The Morgan fingerprint density at radius 1 is 1.21 bits per heavy atom. The molecule has 0 bridgehead atoms. The summed E-state index contributed by atoms with van der Waals surface area (Å²) in [6, 6.07) is -2.12. The molecule has 0 unspecified atom stereocenters. The predicted octanol–water partition coefficient (Wildman–Crippen LogP) is 1.78. The molecule has 39 heavy (non-hydrogen) atoms. The maximum Gasteiger partial charge on any atom is 0.408 e. The molecule has 2 heterocycles. The minimum absolute atomic E-state index is 0.0940. The second-order valence-corrected chi connectivity index (χ2v) is 13.0. The molecule has 3 aliphatic rings. The Labute approximate surface area is 230 Å². The van der Waals surface area contributed by atoms with Gasteiger partial charge in [0.25, 0.3) is 10.1 Å². The molecule has 2 N–H and O–H groups in total. The van der Waals surface area contributed by atoms with Crippen molar-refractivity contribution in [2.24, 2.45) is 5.92 Å². The largest absolute Gasteiger partial charge is 0.464 e. The minimum atomic E-state index is -3.87. The fourth-order valence-corrected chi connectivity index (χ4v) is 5.71. The van der Waals surface area contributed by atoms with Crippen LogP contribution < -0.4 is 10.6 Å². The molecule has 220 valence electrons. The highest BCUT2D eigenvalue weighted by molar-refractivity contribution is 7.86. The summed E-state index contributed by atoms with van der Waals surface area (Å²) in [7, 11) is -3.87. The quantitative estimate of drug-likeness (QED) is 0.285. The average molecular weight is 572 g/mol. The van der Waals surface area contributed by atoms with Gasteiger partial charge in [-0.15, -0.1) is 0 Å². The number of amides is 3. The highest BCUT2D eigenvalue weighted by Gasteiger charge is 2.62. The molecule has 0 radical (unpaired) electrons. The third-order valence-corrected chi connectivity index (χ3v) is 7.50. The van der Waals surface area contributed by atoms with E-state index in [0.29, 0.717) is 19.3 Å². The number of hydrogen-bond donors (Lipinski definition) is 2. The van der Waals surface area contributed by atoms with Gasteiger partial charge in [0.2, 0.25) is 11.8 Å². The van der Waals surface area contributed by atoms with Crippen LogP contribution in [0, 0.1) is 5.92 Å². The van der Waals surface area contributed by atoms with Crippen LogP contribution in [-0.2, 0) is 38.2 Å². The van der Waals surface area contributed by atoms with Crippen LogP contribution in [0.5, 0.6) is 0 Å². The van der Waals surface area contributed by atoms with E-state index < -0.39 is 63.3 Å². The number of ether oxygens (including phenoxy) is 2. The molecule has 0 aromatic carbocycles. The Bertz CT molecular complexity index is 1080. The monoisotopic (exact) mass is 571 g/mol. The van der Waals surface area contributed by atoms with E-state index in [0.717, 1.165) is 25.5 Å². The second kappa shape index (κ2) is 12.2. The third kappa shape index (κ3) is 8.41. The van der Waals surface area contributed by atoms with Crippen molar-refractivity contribution in [1.82, 2.24) is 15.5 Å². The van der Waals surface area contributed by atoms with E-state index in [1.807, 2.05) is 12.2 Å². The number of hydrogen-bond acceptors (Lipinski definition) is 9. The number of alkyl carbamates (subject to hydrolysis) is 1. The number of fused-ring (bicyclic) bond motifs is 2. The van der Waals surface area contributed by atoms with E-state index in [-0.39, 0.29) is 25.5 Å². The number of carbonyl (C=O) groups is 4. The zero-order valence-electron chi connectivity index (χ0n) is 23.4. The van der Waals surface area contributed by atoms with Crippen molar-refractivity contribution in [3.05, 3.63) is 12.2 Å². The topological polar surface area (TPSA) is 157 Å². The first-order chi connectivity index (χ1) is 18.1. The number of esters is 1. The summed E-state index contributed by atoms with van der Waals surface area (Å²) in [6.07, 6.45) is 6.66. The summed E-state index contributed by atoms with van der Waals surface area (Å²) < 4.78 is 39.4. The Morgan fingerprint density at radius 3 is 2.56 bits per heavy atom. The molecular formula is C26H41N3O9S. The number of allylic oxidation sites excluding steroid dienone is 1. The standard InChI is InChI=1S/C26H41N3O9S/c1-6-36-23(32)26-15-17(26)12-10-8-7-9-11-13-19(27-24(33)37-25(2,3)4)22(31)29-16-18(38-39(5,34)35)14-20(29)21(30)28-26/h10,12,17-20H,6-9,11,13-16H2,1-5H3,(H,27,33)(H,28,30)/b12-10-/t17-,18+,19-,20+,26-/m1/s1. The van der Waals surface area contributed by atoms with Gasteiger partial charge in [-0.3, -0.25) is 13.8 Å². The normalized spacial score (nSPS) is 31.1. The molecule has 3 rings (SSSR count). The van der Waals surface area contributed by atoms with E-state index in [1.54, 1.807) is 27.7 Å². The lowest BCUT2D eigenvalue weighted by atomic mass is 10.0.